The van der Waals surface area contributed by atoms with Crippen molar-refractivity contribution in [2.24, 2.45) is 0 Å². The van der Waals surface area contributed by atoms with Gasteiger partial charge >= 0.3 is 0 Å². The Bertz CT molecular complexity index is 423. The Balaban J connectivity index is 2.55. The predicted molar refractivity (Wildman–Crippen MR) is 79.2 cm³/mol. The van der Waals surface area contributed by atoms with E-state index in [1.165, 1.54) is 17.0 Å². The molecule has 108 valence electrons. The third-order valence-corrected chi connectivity index (χ3v) is 3.54. The minimum Gasteiger partial charge on any atom is -0.355 e. The zero-order valence-corrected chi connectivity index (χ0v) is 12.8. The van der Waals surface area contributed by atoms with Crippen LogP contribution < -0.4 is 10.6 Å². The van der Waals surface area contributed by atoms with Crippen LogP contribution in [0.25, 0.3) is 0 Å². The Kier molecular flexibility index (Phi) is 6.09. The first-order chi connectivity index (χ1) is 9.01. The highest BCUT2D eigenvalue weighted by Crippen LogP contribution is 2.14. The summed E-state index contributed by atoms with van der Waals surface area (Å²) in [5.74, 6) is 0.0751. The second-order valence-electron chi connectivity index (χ2n) is 5.03. The van der Waals surface area contributed by atoms with Crippen molar-refractivity contribution < 1.29 is 4.79 Å². The summed E-state index contributed by atoms with van der Waals surface area (Å²) in [7, 11) is 0. The number of aromatic nitrogens is 1. The predicted octanol–water partition coefficient (Wildman–Crippen LogP) is 2.13. The van der Waals surface area contributed by atoms with Crippen LogP contribution in [0, 0.1) is 13.8 Å². The zero-order valence-electron chi connectivity index (χ0n) is 12.8. The van der Waals surface area contributed by atoms with E-state index in [-0.39, 0.29) is 11.9 Å². The van der Waals surface area contributed by atoms with Crippen molar-refractivity contribution in [3.8, 4) is 0 Å². The maximum Gasteiger partial charge on any atom is 0.236 e. The average molecular weight is 265 g/mol. The molecule has 0 aliphatic rings. The molecule has 0 saturated carbocycles. The van der Waals surface area contributed by atoms with Crippen molar-refractivity contribution in [2.75, 3.05) is 6.54 Å². The molecule has 0 saturated heterocycles. The monoisotopic (exact) mass is 265 g/mol. The van der Waals surface area contributed by atoms with Crippen molar-refractivity contribution in [2.45, 2.75) is 60.2 Å². The van der Waals surface area contributed by atoms with E-state index >= 15 is 0 Å². The van der Waals surface area contributed by atoms with Crippen LogP contribution in [-0.4, -0.2) is 23.1 Å². The van der Waals surface area contributed by atoms with Gasteiger partial charge in [0, 0.05) is 31.0 Å². The molecule has 1 amide bonds. The fraction of sp³-hybridized carbons (Fsp3) is 0.667. The smallest absolute Gasteiger partial charge is 0.236 e. The number of aryl methyl sites for hydroxylation is 1. The van der Waals surface area contributed by atoms with Crippen molar-refractivity contribution in [1.82, 2.24) is 15.2 Å². The summed E-state index contributed by atoms with van der Waals surface area (Å²) >= 11 is 0. The maximum atomic E-state index is 11.8. The minimum absolute atomic E-state index is 0.0751. The van der Waals surface area contributed by atoms with Crippen LogP contribution >= 0.6 is 0 Å². The molecule has 1 aromatic rings. The highest BCUT2D eigenvalue weighted by Gasteiger charge is 2.13. The van der Waals surface area contributed by atoms with Gasteiger partial charge in [-0.25, -0.2) is 0 Å². The number of hydrogen-bond donors (Lipinski definition) is 2. The Hall–Kier alpha value is -1.29. The molecule has 1 unspecified atom stereocenters. The summed E-state index contributed by atoms with van der Waals surface area (Å²) in [6, 6.07) is 2.04. The summed E-state index contributed by atoms with van der Waals surface area (Å²) < 4.78 is 2.29. The normalized spacial score (nSPS) is 12.5. The average Bonchev–Trinajstić information content (AvgIpc) is 2.67. The summed E-state index contributed by atoms with van der Waals surface area (Å²) in [6.45, 7) is 12.8. The summed E-state index contributed by atoms with van der Waals surface area (Å²) in [6.07, 6.45) is 0.968. The third-order valence-electron chi connectivity index (χ3n) is 3.54. The van der Waals surface area contributed by atoms with Gasteiger partial charge in [-0.3, -0.25) is 4.79 Å². The first-order valence-electron chi connectivity index (χ1n) is 7.17. The molecule has 0 bridgehead atoms. The quantitative estimate of drug-likeness (QED) is 0.793. The van der Waals surface area contributed by atoms with Gasteiger partial charge in [-0.15, -0.1) is 0 Å². The van der Waals surface area contributed by atoms with Crippen LogP contribution in [0.3, 0.4) is 0 Å². The van der Waals surface area contributed by atoms with E-state index in [9.17, 15) is 4.79 Å². The lowest BCUT2D eigenvalue weighted by Gasteiger charge is -2.14. The van der Waals surface area contributed by atoms with Crippen molar-refractivity contribution in [3.63, 3.8) is 0 Å². The molecule has 0 aliphatic carbocycles. The SMILES string of the molecule is CCCNC(=O)C(C)NCc1cc(C)n(CC)c1C. The number of carbonyl (C=O) groups excluding carboxylic acids is 1. The highest BCUT2D eigenvalue weighted by molar-refractivity contribution is 5.81. The van der Waals surface area contributed by atoms with E-state index in [0.29, 0.717) is 0 Å². The summed E-state index contributed by atoms with van der Waals surface area (Å²) in [5.41, 5.74) is 3.84. The lowest BCUT2D eigenvalue weighted by molar-refractivity contribution is -0.122. The highest BCUT2D eigenvalue weighted by atomic mass is 16.2. The molecule has 4 nitrogen and oxygen atoms in total. The molecule has 2 N–H and O–H groups in total. The number of rotatable bonds is 7. The Labute approximate surface area is 116 Å². The van der Waals surface area contributed by atoms with Crippen LogP contribution in [0.15, 0.2) is 6.07 Å². The fourth-order valence-electron chi connectivity index (χ4n) is 2.29. The van der Waals surface area contributed by atoms with E-state index in [2.05, 4.69) is 49.0 Å². The van der Waals surface area contributed by atoms with Gasteiger partial charge in [0.15, 0.2) is 0 Å². The lowest BCUT2D eigenvalue weighted by Crippen LogP contribution is -2.42. The minimum atomic E-state index is -0.156. The number of carbonyl (C=O) groups is 1. The molecule has 1 rings (SSSR count). The summed E-state index contributed by atoms with van der Waals surface area (Å²) in [4.78, 5) is 11.8. The van der Waals surface area contributed by atoms with Crippen molar-refractivity contribution >= 4 is 5.91 Å². The standard InChI is InChI=1S/C15H27N3O/c1-6-8-16-15(19)12(4)17-10-14-9-11(3)18(7-2)13(14)5/h9,12,17H,6-8,10H2,1-5H3,(H,16,19). The molecule has 19 heavy (non-hydrogen) atoms. The van der Waals surface area contributed by atoms with Crippen LogP contribution in [-0.2, 0) is 17.9 Å². The van der Waals surface area contributed by atoms with Gasteiger partial charge in [-0.1, -0.05) is 6.92 Å². The zero-order chi connectivity index (χ0) is 14.4. The molecule has 0 radical (unpaired) electrons. The van der Waals surface area contributed by atoms with E-state index in [4.69, 9.17) is 0 Å². The van der Waals surface area contributed by atoms with Gasteiger partial charge in [-0.05, 0) is 45.7 Å². The molecule has 1 aromatic heterocycles. The van der Waals surface area contributed by atoms with Gasteiger partial charge in [0.1, 0.15) is 0 Å². The topological polar surface area (TPSA) is 46.1 Å². The maximum absolute atomic E-state index is 11.8. The van der Waals surface area contributed by atoms with Crippen molar-refractivity contribution in [3.05, 3.63) is 23.0 Å². The molecule has 1 atom stereocenters. The molecule has 0 aromatic carbocycles. The van der Waals surface area contributed by atoms with Crippen LogP contribution in [0.4, 0.5) is 0 Å². The molecule has 0 aliphatic heterocycles. The Morgan fingerprint density at radius 3 is 2.58 bits per heavy atom. The first kappa shape index (κ1) is 15.8. The van der Waals surface area contributed by atoms with E-state index < -0.39 is 0 Å². The molecule has 0 fully saturated rings. The van der Waals surface area contributed by atoms with Crippen LogP contribution in [0.2, 0.25) is 0 Å². The van der Waals surface area contributed by atoms with E-state index in [1.807, 2.05) is 6.92 Å². The fourth-order valence-corrected chi connectivity index (χ4v) is 2.29. The van der Waals surface area contributed by atoms with Gasteiger partial charge in [-0.2, -0.15) is 0 Å². The number of nitrogens with one attached hydrogen (secondary N) is 2. The first-order valence-corrected chi connectivity index (χ1v) is 7.17. The molecule has 1 heterocycles. The lowest BCUT2D eigenvalue weighted by atomic mass is 10.2. The van der Waals surface area contributed by atoms with E-state index in [0.717, 1.165) is 26.1 Å². The van der Waals surface area contributed by atoms with Gasteiger partial charge in [0.05, 0.1) is 6.04 Å². The third kappa shape index (κ3) is 4.10. The Morgan fingerprint density at radius 1 is 1.37 bits per heavy atom. The van der Waals surface area contributed by atoms with Gasteiger partial charge in [0.2, 0.25) is 5.91 Å². The van der Waals surface area contributed by atoms with Gasteiger partial charge < -0.3 is 15.2 Å². The molecule has 0 spiro atoms. The number of nitrogens with zero attached hydrogens (tertiary/aromatic N) is 1. The molecular formula is C15H27N3O. The number of amides is 1. The molecular weight excluding hydrogens is 238 g/mol. The largest absolute Gasteiger partial charge is 0.355 e. The van der Waals surface area contributed by atoms with Crippen LogP contribution in [0.1, 0.15) is 44.1 Å². The van der Waals surface area contributed by atoms with Gasteiger partial charge in [0.25, 0.3) is 0 Å². The second-order valence-corrected chi connectivity index (χ2v) is 5.03. The second kappa shape index (κ2) is 7.34. The van der Waals surface area contributed by atoms with Crippen molar-refractivity contribution in [1.29, 1.82) is 0 Å². The summed E-state index contributed by atoms with van der Waals surface area (Å²) in [5, 5.41) is 6.19. The van der Waals surface area contributed by atoms with E-state index in [1.54, 1.807) is 0 Å². The Morgan fingerprint density at radius 2 is 2.05 bits per heavy atom. The van der Waals surface area contributed by atoms with Crippen LogP contribution in [0.5, 0.6) is 0 Å². The molecule has 4 heteroatoms. The number of hydrogen-bond acceptors (Lipinski definition) is 2.